The van der Waals surface area contributed by atoms with E-state index in [9.17, 15) is 13.2 Å². The summed E-state index contributed by atoms with van der Waals surface area (Å²) in [6.45, 7) is 1.72. The van der Waals surface area contributed by atoms with Gasteiger partial charge in [-0.1, -0.05) is 36.4 Å². The lowest BCUT2D eigenvalue weighted by atomic mass is 10.2. The van der Waals surface area contributed by atoms with E-state index in [4.69, 9.17) is 0 Å². The van der Waals surface area contributed by atoms with Gasteiger partial charge < -0.3 is 5.32 Å². The summed E-state index contributed by atoms with van der Waals surface area (Å²) < 4.78 is 27.0. The highest BCUT2D eigenvalue weighted by Crippen LogP contribution is 2.25. The number of hydrogen-bond donors (Lipinski definition) is 1. The fourth-order valence-corrected chi connectivity index (χ4v) is 3.90. The van der Waals surface area contributed by atoms with Crippen molar-refractivity contribution in [3.8, 4) is 0 Å². The zero-order chi connectivity index (χ0) is 16.4. The van der Waals surface area contributed by atoms with E-state index in [1.165, 1.54) is 10.9 Å². The van der Waals surface area contributed by atoms with E-state index in [1.807, 2.05) is 12.1 Å². The van der Waals surface area contributed by atoms with E-state index in [0.29, 0.717) is 5.52 Å². The number of rotatable bonds is 4. The molecule has 23 heavy (non-hydrogen) atoms. The van der Waals surface area contributed by atoms with Crippen molar-refractivity contribution in [2.75, 3.05) is 0 Å². The molecule has 0 bridgehead atoms. The van der Waals surface area contributed by atoms with Gasteiger partial charge >= 0.3 is 0 Å². The van der Waals surface area contributed by atoms with Crippen molar-refractivity contribution in [1.29, 1.82) is 0 Å². The first-order valence-corrected chi connectivity index (χ1v) is 8.58. The number of para-hydroxylation sites is 1. The highest BCUT2D eigenvalue weighted by atomic mass is 32.2. The molecule has 1 amide bonds. The maximum Gasteiger partial charge on any atom is 0.268 e. The van der Waals surface area contributed by atoms with Gasteiger partial charge in [0.15, 0.2) is 0 Å². The number of fused-ring (bicyclic) bond motifs is 1. The molecular formula is C17H16N2O3S. The highest BCUT2D eigenvalue weighted by molar-refractivity contribution is 7.90. The summed E-state index contributed by atoms with van der Waals surface area (Å²) in [5.41, 5.74) is 1.35. The van der Waals surface area contributed by atoms with E-state index in [-0.39, 0.29) is 17.3 Å². The Hall–Kier alpha value is -2.60. The van der Waals surface area contributed by atoms with Crippen molar-refractivity contribution >= 4 is 26.8 Å². The lowest BCUT2D eigenvalue weighted by molar-refractivity contribution is -0.119. The summed E-state index contributed by atoms with van der Waals surface area (Å²) in [6.07, 6.45) is 1.57. The fourth-order valence-electron chi connectivity index (χ4n) is 2.48. The van der Waals surface area contributed by atoms with Crippen LogP contribution in [0.5, 0.6) is 0 Å². The first-order valence-electron chi connectivity index (χ1n) is 7.14. The summed E-state index contributed by atoms with van der Waals surface area (Å²) in [5, 5.41) is 3.52. The molecule has 6 heteroatoms. The third-order valence-electron chi connectivity index (χ3n) is 3.59. The average Bonchev–Trinajstić information content (AvgIpc) is 2.93. The lowest BCUT2D eigenvalue weighted by Gasteiger charge is -2.07. The van der Waals surface area contributed by atoms with Crippen LogP contribution >= 0.6 is 0 Å². The van der Waals surface area contributed by atoms with Crippen LogP contribution in [-0.4, -0.2) is 18.3 Å². The second kappa shape index (κ2) is 5.89. The van der Waals surface area contributed by atoms with Gasteiger partial charge in [0, 0.05) is 25.1 Å². The van der Waals surface area contributed by atoms with E-state index >= 15 is 0 Å². The number of aromatic nitrogens is 1. The van der Waals surface area contributed by atoms with Gasteiger partial charge in [-0.05, 0) is 23.8 Å². The summed E-state index contributed by atoms with van der Waals surface area (Å²) in [5.74, 6) is -0.159. The first kappa shape index (κ1) is 15.3. The number of nitrogens with zero attached hydrogens (tertiary/aromatic N) is 1. The van der Waals surface area contributed by atoms with Gasteiger partial charge in [0.05, 0.1) is 10.4 Å². The van der Waals surface area contributed by atoms with Crippen molar-refractivity contribution in [2.24, 2.45) is 0 Å². The van der Waals surface area contributed by atoms with Crippen LogP contribution in [0.4, 0.5) is 0 Å². The van der Waals surface area contributed by atoms with Crippen molar-refractivity contribution < 1.29 is 13.2 Å². The topological polar surface area (TPSA) is 68.2 Å². The van der Waals surface area contributed by atoms with Crippen LogP contribution in [0.2, 0.25) is 0 Å². The minimum atomic E-state index is -3.68. The Morgan fingerprint density at radius 3 is 2.39 bits per heavy atom. The van der Waals surface area contributed by atoms with Crippen LogP contribution in [0.3, 0.4) is 0 Å². The standard InChI is InChI=1S/C17H16N2O3S/c1-13(20)18-11-14-12-19(17-10-6-5-9-16(14)17)23(21,22)15-7-3-2-4-8-15/h2-10,12H,11H2,1H3,(H,18,20). The van der Waals surface area contributed by atoms with Crippen molar-refractivity contribution in [3.05, 3.63) is 66.4 Å². The quantitative estimate of drug-likeness (QED) is 0.800. The molecule has 0 atom stereocenters. The van der Waals surface area contributed by atoms with Crippen molar-refractivity contribution in [3.63, 3.8) is 0 Å². The monoisotopic (exact) mass is 328 g/mol. The number of hydrogen-bond acceptors (Lipinski definition) is 3. The van der Waals surface area contributed by atoms with E-state index in [2.05, 4.69) is 5.32 Å². The molecule has 1 heterocycles. The Balaban J connectivity index is 2.17. The maximum absolute atomic E-state index is 12.9. The number of carbonyl (C=O) groups is 1. The predicted octanol–water partition coefficient (Wildman–Crippen LogP) is 2.51. The van der Waals surface area contributed by atoms with Gasteiger partial charge in [-0.25, -0.2) is 12.4 Å². The van der Waals surface area contributed by atoms with Crippen LogP contribution < -0.4 is 5.32 Å². The molecule has 118 valence electrons. The van der Waals surface area contributed by atoms with Gasteiger partial charge in [0.2, 0.25) is 5.91 Å². The highest BCUT2D eigenvalue weighted by Gasteiger charge is 2.20. The summed E-state index contributed by atoms with van der Waals surface area (Å²) in [4.78, 5) is 11.4. The van der Waals surface area contributed by atoms with Gasteiger partial charge in [0.1, 0.15) is 0 Å². The Morgan fingerprint density at radius 1 is 1.04 bits per heavy atom. The molecule has 0 spiro atoms. The number of amides is 1. The minimum Gasteiger partial charge on any atom is -0.352 e. The lowest BCUT2D eigenvalue weighted by Crippen LogP contribution is -2.18. The Labute approximate surface area is 134 Å². The first-order chi connectivity index (χ1) is 11.0. The van der Waals surface area contributed by atoms with E-state index in [1.54, 1.807) is 48.7 Å². The molecule has 0 unspecified atom stereocenters. The Kier molecular flexibility index (Phi) is 3.92. The third kappa shape index (κ3) is 2.85. The molecule has 0 aliphatic carbocycles. The number of carbonyl (C=O) groups excluding carboxylic acids is 1. The molecule has 0 aliphatic rings. The molecule has 0 radical (unpaired) electrons. The van der Waals surface area contributed by atoms with E-state index in [0.717, 1.165) is 10.9 Å². The van der Waals surface area contributed by atoms with Gasteiger partial charge in [-0.3, -0.25) is 4.79 Å². The molecule has 1 N–H and O–H groups in total. The normalized spacial score (nSPS) is 11.5. The van der Waals surface area contributed by atoms with Crippen LogP contribution in [0.1, 0.15) is 12.5 Å². The molecule has 0 saturated heterocycles. The smallest absolute Gasteiger partial charge is 0.268 e. The van der Waals surface area contributed by atoms with Crippen LogP contribution in [-0.2, 0) is 21.4 Å². The maximum atomic E-state index is 12.9. The largest absolute Gasteiger partial charge is 0.352 e. The molecule has 5 nitrogen and oxygen atoms in total. The van der Waals surface area contributed by atoms with Gasteiger partial charge in [-0.2, -0.15) is 0 Å². The molecule has 0 saturated carbocycles. The zero-order valence-corrected chi connectivity index (χ0v) is 13.4. The zero-order valence-electron chi connectivity index (χ0n) is 12.6. The third-order valence-corrected chi connectivity index (χ3v) is 5.28. The Morgan fingerprint density at radius 2 is 1.70 bits per heavy atom. The summed E-state index contributed by atoms with van der Waals surface area (Å²) >= 11 is 0. The fraction of sp³-hybridized carbons (Fsp3) is 0.118. The van der Waals surface area contributed by atoms with Gasteiger partial charge in [-0.15, -0.1) is 0 Å². The average molecular weight is 328 g/mol. The molecule has 0 fully saturated rings. The number of nitrogens with one attached hydrogen (secondary N) is 1. The molecular weight excluding hydrogens is 312 g/mol. The molecule has 3 rings (SSSR count). The van der Waals surface area contributed by atoms with E-state index < -0.39 is 10.0 Å². The molecule has 2 aromatic carbocycles. The summed E-state index contributed by atoms with van der Waals surface area (Å²) in [7, 11) is -3.68. The molecule has 3 aromatic rings. The van der Waals surface area contributed by atoms with Crippen molar-refractivity contribution in [1.82, 2.24) is 9.29 Å². The Bertz CT molecular complexity index is 960. The molecule has 0 aliphatic heterocycles. The predicted molar refractivity (Wildman–Crippen MR) is 88.5 cm³/mol. The second-order valence-corrected chi connectivity index (χ2v) is 7.01. The van der Waals surface area contributed by atoms with Gasteiger partial charge in [0.25, 0.3) is 10.0 Å². The minimum absolute atomic E-state index is 0.159. The van der Waals surface area contributed by atoms with Crippen molar-refractivity contribution in [2.45, 2.75) is 18.4 Å². The molecule has 1 aromatic heterocycles. The summed E-state index contributed by atoms with van der Waals surface area (Å²) in [6, 6.07) is 15.5. The SMILES string of the molecule is CC(=O)NCc1cn(S(=O)(=O)c2ccccc2)c2ccccc12. The van der Waals surface area contributed by atoms with Crippen LogP contribution in [0.15, 0.2) is 65.7 Å². The second-order valence-electron chi connectivity index (χ2n) is 5.20. The van der Waals surface area contributed by atoms with Crippen LogP contribution in [0, 0.1) is 0 Å². The number of benzene rings is 2. The van der Waals surface area contributed by atoms with Crippen LogP contribution in [0.25, 0.3) is 10.9 Å².